The van der Waals surface area contributed by atoms with E-state index in [9.17, 15) is 0 Å². The largest absolute Gasteiger partial charge is 0.371 e. The second-order valence-electron chi connectivity index (χ2n) is 11.5. The van der Waals surface area contributed by atoms with Gasteiger partial charge in [-0.25, -0.2) is 9.37 Å². The van der Waals surface area contributed by atoms with E-state index in [1.165, 1.54) is 11.1 Å². The van der Waals surface area contributed by atoms with E-state index < -0.39 is 0 Å². The Morgan fingerprint density at radius 3 is 2.11 bits per heavy atom. The van der Waals surface area contributed by atoms with Crippen LogP contribution in [0, 0.1) is 32.0 Å². The zero-order valence-electron chi connectivity index (χ0n) is 28.6. The van der Waals surface area contributed by atoms with E-state index in [0.717, 1.165) is 55.2 Å². The summed E-state index contributed by atoms with van der Waals surface area (Å²) in [7, 11) is 0. The average Bonchev–Trinajstić information content (AvgIpc) is 3.83. The van der Waals surface area contributed by atoms with Crippen molar-refractivity contribution in [3.05, 3.63) is 101 Å². The third kappa shape index (κ3) is 11.8. The lowest BCUT2D eigenvalue weighted by Gasteiger charge is -2.31. The van der Waals surface area contributed by atoms with Gasteiger partial charge in [-0.05, 0) is 107 Å². The fourth-order valence-electron chi connectivity index (χ4n) is 5.38. The van der Waals surface area contributed by atoms with E-state index in [2.05, 4.69) is 71.2 Å². The van der Waals surface area contributed by atoms with Crippen molar-refractivity contribution in [3.8, 4) is 0 Å². The van der Waals surface area contributed by atoms with Crippen molar-refractivity contribution in [1.82, 2.24) is 9.97 Å². The molecule has 3 aromatic rings. The molecule has 1 aliphatic carbocycles. The maximum absolute atomic E-state index is 15.0. The van der Waals surface area contributed by atoms with Gasteiger partial charge in [-0.2, -0.15) is 0 Å². The Labute approximate surface area is 271 Å². The van der Waals surface area contributed by atoms with Crippen molar-refractivity contribution in [2.24, 2.45) is 0 Å². The fraction of sp³-hybridized carbons (Fsp3) is 0.500. The number of ether oxygens (including phenoxy) is 1. The highest BCUT2D eigenvalue weighted by Gasteiger charge is 2.35. The molecule has 2 N–H and O–H groups in total. The van der Waals surface area contributed by atoms with Crippen LogP contribution in [-0.4, -0.2) is 46.3 Å². The summed E-state index contributed by atoms with van der Waals surface area (Å²) in [6, 6.07) is 14.6. The van der Waals surface area contributed by atoms with Crippen molar-refractivity contribution < 1.29 is 14.2 Å². The third-order valence-electron chi connectivity index (χ3n) is 8.12. The van der Waals surface area contributed by atoms with Gasteiger partial charge in [0.05, 0.1) is 11.4 Å². The SMILES string of the molecule is C=C(CCC1CCC(CC)N1c1ncc(C2CC2)cc1F)C(=N)c1ncccc1C.CC.CCOCO.Cc1ccc(C)cc1. The normalized spacial score (nSPS) is 16.8. The minimum atomic E-state index is -0.194. The van der Waals surface area contributed by atoms with Crippen LogP contribution in [0.4, 0.5) is 10.2 Å². The second kappa shape index (κ2) is 19.9. The Bertz CT molecular complexity index is 1300. The van der Waals surface area contributed by atoms with Gasteiger partial charge in [0.15, 0.2) is 11.6 Å². The molecule has 2 unspecified atom stereocenters. The van der Waals surface area contributed by atoms with E-state index >= 15 is 4.39 Å². The molecule has 2 fully saturated rings. The van der Waals surface area contributed by atoms with Gasteiger partial charge in [-0.1, -0.05) is 68.8 Å². The molecule has 0 spiro atoms. The molecule has 1 aromatic carbocycles. The predicted molar refractivity (Wildman–Crippen MR) is 186 cm³/mol. The number of nitrogens with one attached hydrogen (secondary N) is 1. The molecule has 0 bridgehead atoms. The van der Waals surface area contributed by atoms with Crippen LogP contribution in [0.3, 0.4) is 0 Å². The van der Waals surface area contributed by atoms with Gasteiger partial charge in [0.1, 0.15) is 6.79 Å². The van der Waals surface area contributed by atoms with Gasteiger partial charge >= 0.3 is 0 Å². The molecule has 2 atom stereocenters. The number of aliphatic hydroxyl groups excluding tert-OH is 1. The van der Waals surface area contributed by atoms with E-state index in [1.807, 2.05) is 46.0 Å². The summed E-state index contributed by atoms with van der Waals surface area (Å²) >= 11 is 0. The van der Waals surface area contributed by atoms with Crippen LogP contribution in [-0.2, 0) is 4.74 Å². The summed E-state index contributed by atoms with van der Waals surface area (Å²) in [5, 5.41) is 16.3. The molecular weight excluding hydrogens is 563 g/mol. The van der Waals surface area contributed by atoms with Crippen molar-refractivity contribution in [2.75, 3.05) is 18.3 Å². The summed E-state index contributed by atoms with van der Waals surface area (Å²) in [5.41, 5.74) is 6.57. The molecule has 1 saturated heterocycles. The summed E-state index contributed by atoms with van der Waals surface area (Å²) in [6.45, 7) is 18.7. The van der Waals surface area contributed by atoms with Gasteiger partial charge < -0.3 is 14.7 Å². The Morgan fingerprint density at radius 1 is 1.00 bits per heavy atom. The quantitative estimate of drug-likeness (QED) is 0.175. The first-order valence-electron chi connectivity index (χ1n) is 16.5. The van der Waals surface area contributed by atoms with Crippen molar-refractivity contribution in [3.63, 3.8) is 0 Å². The number of pyridine rings is 2. The molecule has 6 nitrogen and oxygen atoms in total. The zero-order valence-corrected chi connectivity index (χ0v) is 28.6. The Balaban J connectivity index is 0.000000389. The second-order valence-corrected chi connectivity index (χ2v) is 11.5. The fourth-order valence-corrected chi connectivity index (χ4v) is 5.38. The molecule has 45 heavy (non-hydrogen) atoms. The third-order valence-corrected chi connectivity index (χ3v) is 8.12. The van der Waals surface area contributed by atoms with Crippen LogP contribution in [0.1, 0.15) is 107 Å². The lowest BCUT2D eigenvalue weighted by Crippen LogP contribution is -2.37. The minimum Gasteiger partial charge on any atom is -0.371 e. The molecule has 0 radical (unpaired) electrons. The summed E-state index contributed by atoms with van der Waals surface area (Å²) in [5.74, 6) is 0.803. The smallest absolute Gasteiger partial charge is 0.165 e. The molecule has 5 rings (SSSR count). The number of hydrogen-bond acceptors (Lipinski definition) is 6. The number of benzene rings is 1. The lowest BCUT2D eigenvalue weighted by molar-refractivity contribution is 0.00539. The summed E-state index contributed by atoms with van der Waals surface area (Å²) in [4.78, 5) is 11.1. The zero-order chi connectivity index (χ0) is 33.4. The number of nitrogens with zero attached hydrogens (tertiary/aromatic N) is 3. The van der Waals surface area contributed by atoms with Crippen LogP contribution >= 0.6 is 0 Å². The summed E-state index contributed by atoms with van der Waals surface area (Å²) < 4.78 is 19.4. The molecule has 1 saturated carbocycles. The van der Waals surface area contributed by atoms with Gasteiger partial charge in [-0.3, -0.25) is 10.4 Å². The molecule has 3 heterocycles. The first kappa shape index (κ1) is 37.8. The molecule has 7 heteroatoms. The first-order chi connectivity index (χ1) is 21.7. The van der Waals surface area contributed by atoms with Gasteiger partial charge in [0, 0.05) is 31.1 Å². The van der Waals surface area contributed by atoms with Crippen LogP contribution in [0.2, 0.25) is 0 Å². The van der Waals surface area contributed by atoms with Gasteiger partial charge in [-0.15, -0.1) is 0 Å². The van der Waals surface area contributed by atoms with Gasteiger partial charge in [0.2, 0.25) is 0 Å². The van der Waals surface area contributed by atoms with Crippen molar-refractivity contribution in [1.29, 1.82) is 5.41 Å². The van der Waals surface area contributed by atoms with Crippen molar-refractivity contribution in [2.45, 2.75) is 111 Å². The molecule has 246 valence electrons. The first-order valence-corrected chi connectivity index (χ1v) is 16.5. The van der Waals surface area contributed by atoms with Crippen LogP contribution in [0.15, 0.2) is 67.0 Å². The molecule has 0 amide bonds. The Hall–Kier alpha value is -3.42. The predicted octanol–water partition coefficient (Wildman–Crippen LogP) is 9.26. The number of rotatable bonds is 10. The summed E-state index contributed by atoms with van der Waals surface area (Å²) in [6.07, 6.45) is 10.5. The number of hydrogen-bond donors (Lipinski definition) is 2. The highest BCUT2D eigenvalue weighted by molar-refractivity contribution is 6.09. The highest BCUT2D eigenvalue weighted by Crippen LogP contribution is 2.41. The number of aryl methyl sites for hydroxylation is 3. The standard InChI is InChI=1S/C25H31FN4.C8H10.C3H8O2.C2H6/c1-4-20-11-12-21(10-7-16(2)23(27)24-17(3)6-5-13-28-24)30(20)25-22(26)14-19(15-29-25)18-8-9-18;1-7-3-5-8(2)6-4-7;1-2-5-3-4;1-2/h5-6,13-15,18,20-21,27H,2,4,7-12H2,1,3H3;3-6H,1-2H3;4H,2-3H2,1H3;1-2H3. The average molecular weight is 619 g/mol. The topological polar surface area (TPSA) is 82.3 Å². The Morgan fingerprint density at radius 2 is 1.62 bits per heavy atom. The highest BCUT2D eigenvalue weighted by atomic mass is 19.1. The number of aromatic nitrogens is 2. The Kier molecular flexibility index (Phi) is 16.7. The molecule has 1 aliphatic heterocycles. The lowest BCUT2D eigenvalue weighted by atomic mass is 9.98. The van der Waals surface area contributed by atoms with Crippen molar-refractivity contribution >= 4 is 11.5 Å². The van der Waals surface area contributed by atoms with E-state index in [-0.39, 0.29) is 18.7 Å². The van der Waals surface area contributed by atoms with Crippen LogP contribution in [0.25, 0.3) is 0 Å². The minimum absolute atomic E-state index is 0.156. The monoisotopic (exact) mass is 618 g/mol. The van der Waals surface area contributed by atoms with E-state index in [0.29, 0.717) is 42.2 Å². The van der Waals surface area contributed by atoms with Crippen LogP contribution in [0.5, 0.6) is 0 Å². The maximum atomic E-state index is 15.0. The van der Waals surface area contributed by atoms with Gasteiger partial charge in [0.25, 0.3) is 0 Å². The number of allylic oxidation sites excluding steroid dienone is 1. The number of anilines is 1. The van der Waals surface area contributed by atoms with Crippen LogP contribution < -0.4 is 4.90 Å². The maximum Gasteiger partial charge on any atom is 0.165 e. The molecular formula is C38H55FN4O2. The molecule has 2 aliphatic rings. The van der Waals surface area contributed by atoms with E-state index in [1.54, 1.807) is 12.3 Å². The number of aliphatic hydroxyl groups is 1. The molecule has 2 aromatic heterocycles. The number of halogens is 1. The van der Waals surface area contributed by atoms with E-state index in [4.69, 9.17) is 10.5 Å².